The van der Waals surface area contributed by atoms with Crippen molar-refractivity contribution in [3.63, 3.8) is 0 Å². The lowest BCUT2D eigenvalue weighted by atomic mass is 9.73. The molecule has 4 aromatic rings. The third kappa shape index (κ3) is 6.97. The van der Waals surface area contributed by atoms with Gasteiger partial charge in [0.2, 0.25) is 0 Å². The Morgan fingerprint density at radius 2 is 1.73 bits per heavy atom. The smallest absolute Gasteiger partial charge is 0.138 e. The van der Waals surface area contributed by atoms with Gasteiger partial charge >= 0.3 is 0 Å². The largest absolute Gasteiger partial charge is 0.378 e. The molecule has 6 heteroatoms. The number of hydrogen-bond acceptors (Lipinski definition) is 5. The van der Waals surface area contributed by atoms with E-state index >= 15 is 0 Å². The highest BCUT2D eigenvalue weighted by Crippen LogP contribution is 2.55. The van der Waals surface area contributed by atoms with Gasteiger partial charge in [-0.3, -0.25) is 4.90 Å². The zero-order valence-corrected chi connectivity index (χ0v) is 31.5. The zero-order valence-electron chi connectivity index (χ0n) is 30.6. The van der Waals surface area contributed by atoms with Crippen molar-refractivity contribution in [1.29, 1.82) is 0 Å². The Balaban J connectivity index is 0.00000221. The highest BCUT2D eigenvalue weighted by molar-refractivity contribution is 7.99. The van der Waals surface area contributed by atoms with Crippen LogP contribution in [0.3, 0.4) is 0 Å². The van der Waals surface area contributed by atoms with Crippen molar-refractivity contribution >= 4 is 28.5 Å². The van der Waals surface area contributed by atoms with Crippen LogP contribution in [0.5, 0.6) is 0 Å². The summed E-state index contributed by atoms with van der Waals surface area (Å²) in [4.78, 5) is 16.0. The summed E-state index contributed by atoms with van der Waals surface area (Å²) in [5.41, 5.74) is 10.3. The van der Waals surface area contributed by atoms with Crippen molar-refractivity contribution in [1.82, 2.24) is 19.8 Å². The van der Waals surface area contributed by atoms with Crippen LogP contribution in [0.25, 0.3) is 33.4 Å². The molecule has 2 unspecified atom stereocenters. The van der Waals surface area contributed by atoms with Crippen molar-refractivity contribution in [2.75, 3.05) is 38.3 Å². The van der Waals surface area contributed by atoms with Gasteiger partial charge in [-0.05, 0) is 80.8 Å². The lowest BCUT2D eigenvalue weighted by Crippen LogP contribution is -2.37. The third-order valence-corrected chi connectivity index (χ3v) is 11.7. The Bertz CT molecular complexity index is 1680. The van der Waals surface area contributed by atoms with Crippen LogP contribution in [0.1, 0.15) is 71.4 Å². The van der Waals surface area contributed by atoms with Gasteiger partial charge in [-0.2, -0.15) is 11.8 Å². The second-order valence-electron chi connectivity index (χ2n) is 14.1. The van der Waals surface area contributed by atoms with E-state index in [9.17, 15) is 0 Å². The van der Waals surface area contributed by atoms with Gasteiger partial charge in [-0.25, -0.2) is 4.98 Å². The molecule has 0 aliphatic carbocycles. The molecule has 1 N–H and O–H groups in total. The summed E-state index contributed by atoms with van der Waals surface area (Å²) < 4.78 is 0. The summed E-state index contributed by atoms with van der Waals surface area (Å²) in [5, 5.41) is 2.02. The molecule has 48 heavy (non-hydrogen) atoms. The minimum atomic E-state index is -0.279. The van der Waals surface area contributed by atoms with E-state index in [1.165, 1.54) is 59.1 Å². The van der Waals surface area contributed by atoms with Crippen LogP contribution >= 0.6 is 11.8 Å². The van der Waals surface area contributed by atoms with E-state index in [4.69, 9.17) is 11.6 Å². The SMILES string of the molecule is C=CN(C)C(CC(C)C)CC1(C)C(=C)N(C)c2cnc3[nH]c(-c4ccc(CN5CCC(SC)CC5)cc4)c(-c4ccccc4)c3c21.CC. The van der Waals surface area contributed by atoms with E-state index in [0.29, 0.717) is 12.0 Å². The molecule has 1 saturated heterocycles. The molecule has 6 rings (SSSR count). The summed E-state index contributed by atoms with van der Waals surface area (Å²) in [6, 6.07) is 20.4. The van der Waals surface area contributed by atoms with Gasteiger partial charge in [0.1, 0.15) is 5.65 Å². The number of H-pyrrole nitrogens is 1. The molecule has 0 radical (unpaired) electrons. The number of rotatable bonds is 11. The molecule has 2 aliphatic heterocycles. The number of piperidine rings is 1. The number of pyridine rings is 1. The van der Waals surface area contributed by atoms with E-state index in [2.05, 4.69) is 122 Å². The average molecular weight is 664 g/mol. The van der Waals surface area contributed by atoms with E-state index in [1.54, 1.807) is 0 Å². The minimum absolute atomic E-state index is 0.279. The van der Waals surface area contributed by atoms with Crippen molar-refractivity contribution in [3.8, 4) is 22.4 Å². The Hall–Kier alpha value is -3.48. The quantitative estimate of drug-likeness (QED) is 0.173. The van der Waals surface area contributed by atoms with Crippen LogP contribution in [0.2, 0.25) is 0 Å². The fourth-order valence-electron chi connectivity index (χ4n) is 7.84. The third-order valence-electron chi connectivity index (χ3n) is 10.6. The summed E-state index contributed by atoms with van der Waals surface area (Å²) in [6.07, 6.45) is 10.9. The summed E-state index contributed by atoms with van der Waals surface area (Å²) in [6.45, 7) is 23.2. The number of likely N-dealkylation sites (tertiary alicyclic amines) is 1. The number of anilines is 1. The molecule has 2 aliphatic rings. The second-order valence-corrected chi connectivity index (χ2v) is 15.2. The van der Waals surface area contributed by atoms with Crippen molar-refractivity contribution in [3.05, 3.63) is 97.0 Å². The van der Waals surface area contributed by atoms with E-state index in [1.807, 2.05) is 38.0 Å². The number of hydrogen-bond donors (Lipinski definition) is 1. The van der Waals surface area contributed by atoms with Crippen LogP contribution < -0.4 is 4.90 Å². The molecule has 256 valence electrons. The second kappa shape index (κ2) is 15.4. The van der Waals surface area contributed by atoms with Gasteiger partial charge in [0.05, 0.1) is 17.6 Å². The predicted molar refractivity (Wildman–Crippen MR) is 211 cm³/mol. The number of benzene rings is 2. The normalized spacial score (nSPS) is 18.9. The first-order valence-electron chi connectivity index (χ1n) is 17.9. The molecular formula is C42H57N5S. The molecule has 5 nitrogen and oxygen atoms in total. The van der Waals surface area contributed by atoms with E-state index < -0.39 is 0 Å². The Morgan fingerprint density at radius 3 is 2.33 bits per heavy atom. The first-order chi connectivity index (χ1) is 23.1. The molecule has 1 fully saturated rings. The molecule has 2 aromatic heterocycles. The number of likely N-dealkylation sites (N-methyl/N-ethyl adjacent to an activating group) is 1. The fraction of sp³-hybridized carbons (Fsp3) is 0.452. The van der Waals surface area contributed by atoms with Crippen molar-refractivity contribution in [2.24, 2.45) is 5.92 Å². The Morgan fingerprint density at radius 1 is 1.06 bits per heavy atom. The first-order valence-corrected chi connectivity index (χ1v) is 19.2. The van der Waals surface area contributed by atoms with Gasteiger partial charge in [-0.1, -0.05) is 95.5 Å². The average Bonchev–Trinajstić information content (AvgIpc) is 3.59. The van der Waals surface area contributed by atoms with Gasteiger partial charge in [-0.15, -0.1) is 0 Å². The number of fused-ring (bicyclic) bond motifs is 3. The first kappa shape index (κ1) is 35.8. The van der Waals surface area contributed by atoms with Crippen molar-refractivity contribution in [2.45, 2.75) is 83.6 Å². The van der Waals surface area contributed by atoms with Crippen LogP contribution in [0.15, 0.2) is 85.8 Å². The zero-order chi connectivity index (χ0) is 34.6. The molecule has 0 saturated carbocycles. The highest BCUT2D eigenvalue weighted by Gasteiger charge is 2.46. The molecule has 2 aromatic carbocycles. The van der Waals surface area contributed by atoms with Gasteiger partial charge in [0.15, 0.2) is 0 Å². The maximum atomic E-state index is 5.05. The van der Waals surface area contributed by atoms with Gasteiger partial charge < -0.3 is 14.8 Å². The Labute approximate surface area is 294 Å². The summed E-state index contributed by atoms with van der Waals surface area (Å²) in [5.74, 6) is 0.573. The molecule has 2 atom stereocenters. The maximum absolute atomic E-state index is 5.05. The lowest BCUT2D eigenvalue weighted by molar-refractivity contribution is 0.225. The van der Waals surface area contributed by atoms with E-state index in [0.717, 1.165) is 47.4 Å². The van der Waals surface area contributed by atoms with E-state index in [-0.39, 0.29) is 5.41 Å². The Kier molecular flexibility index (Phi) is 11.5. The van der Waals surface area contributed by atoms with Gasteiger partial charge in [0.25, 0.3) is 0 Å². The minimum Gasteiger partial charge on any atom is -0.378 e. The maximum Gasteiger partial charge on any atom is 0.138 e. The molecule has 0 amide bonds. The van der Waals surface area contributed by atoms with Gasteiger partial charge in [0, 0.05) is 59.6 Å². The summed E-state index contributed by atoms with van der Waals surface area (Å²) in [7, 11) is 4.31. The van der Waals surface area contributed by atoms with Crippen molar-refractivity contribution < 1.29 is 0 Å². The van der Waals surface area contributed by atoms with Crippen LogP contribution in [0, 0.1) is 5.92 Å². The standard InChI is InChI=1S/C40H51N5S.C2H6/c1-9-43(6)32(23-27(2)3)24-40(5)28(4)44(7)34-25-41-39-36(37(34)40)35(30-13-11-10-12-14-30)38(42-39)31-17-15-29(16-18-31)26-45-21-19-33(46-8)20-22-45;1-2/h9-18,25,27,32-33H,1,4,19-24,26H2,2-3,5-8H3,(H,41,42);1-2H3. The highest BCUT2D eigenvalue weighted by atomic mass is 32.2. The fourth-order valence-corrected chi connectivity index (χ4v) is 8.53. The molecule has 0 spiro atoms. The number of aromatic nitrogens is 2. The number of aromatic amines is 1. The molecule has 4 heterocycles. The van der Waals surface area contributed by atoms with Crippen LogP contribution in [0.4, 0.5) is 5.69 Å². The topological polar surface area (TPSA) is 38.4 Å². The number of thioether (sulfide) groups is 1. The number of nitrogens with one attached hydrogen (secondary N) is 1. The van der Waals surface area contributed by atoms with Crippen LogP contribution in [-0.4, -0.2) is 64.5 Å². The number of allylic oxidation sites excluding steroid dienone is 1. The molecule has 0 bridgehead atoms. The monoisotopic (exact) mass is 663 g/mol. The van der Waals surface area contributed by atoms with Crippen LogP contribution in [-0.2, 0) is 12.0 Å². The predicted octanol–water partition coefficient (Wildman–Crippen LogP) is 10.4. The molecular weight excluding hydrogens is 607 g/mol. The summed E-state index contributed by atoms with van der Waals surface area (Å²) >= 11 is 2.02. The lowest BCUT2D eigenvalue weighted by Gasteiger charge is -2.37. The number of nitrogens with zero attached hydrogens (tertiary/aromatic N) is 4.